The van der Waals surface area contributed by atoms with E-state index in [0.29, 0.717) is 18.1 Å². The van der Waals surface area contributed by atoms with Crippen molar-refractivity contribution in [3.05, 3.63) is 46.5 Å². The fourth-order valence-corrected chi connectivity index (χ4v) is 3.03. The molecule has 1 unspecified atom stereocenters. The summed E-state index contributed by atoms with van der Waals surface area (Å²) >= 11 is 1.44. The molecule has 1 aliphatic rings. The highest BCUT2D eigenvalue weighted by Gasteiger charge is 2.36. The second kappa shape index (κ2) is 5.42. The summed E-state index contributed by atoms with van der Waals surface area (Å²) in [6, 6.07) is 7.19. The first-order chi connectivity index (χ1) is 9.68. The number of carbonyl (C=O) groups is 1. The number of amides is 1. The maximum Gasteiger partial charge on any atom is 0.220 e. The van der Waals surface area contributed by atoms with Crippen molar-refractivity contribution < 1.29 is 14.3 Å². The smallest absolute Gasteiger partial charge is 0.220 e. The fraction of sp³-hybridized carbons (Fsp3) is 0.400. The van der Waals surface area contributed by atoms with Gasteiger partial charge < -0.3 is 14.8 Å². The highest BCUT2D eigenvalue weighted by molar-refractivity contribution is 7.10. The number of carbonyl (C=O) groups excluding carboxylic acids is 1. The Balaban J connectivity index is 1.74. The minimum Gasteiger partial charge on any atom is -0.466 e. The Kier molecular flexibility index (Phi) is 3.63. The number of hydrogen-bond donors (Lipinski definition) is 2. The molecule has 0 aliphatic heterocycles. The molecule has 0 spiro atoms. The first-order valence-corrected chi connectivity index (χ1v) is 7.63. The summed E-state index contributed by atoms with van der Waals surface area (Å²) in [5, 5.41) is 15.7. The molecule has 1 saturated carbocycles. The van der Waals surface area contributed by atoms with Gasteiger partial charge >= 0.3 is 0 Å². The first-order valence-electron chi connectivity index (χ1n) is 6.75. The van der Waals surface area contributed by atoms with Gasteiger partial charge in [0.05, 0.1) is 12.8 Å². The number of rotatable bonds is 6. The van der Waals surface area contributed by atoms with E-state index >= 15 is 0 Å². The van der Waals surface area contributed by atoms with Gasteiger partial charge in [0.15, 0.2) is 5.60 Å². The Hall–Kier alpha value is -1.59. The molecule has 0 bridgehead atoms. The van der Waals surface area contributed by atoms with Crippen molar-refractivity contribution in [3.63, 3.8) is 0 Å². The maximum absolute atomic E-state index is 11.8. The highest BCUT2D eigenvalue weighted by atomic mass is 32.1. The van der Waals surface area contributed by atoms with Crippen LogP contribution in [-0.4, -0.2) is 17.6 Å². The molecule has 106 valence electrons. The third-order valence-electron chi connectivity index (χ3n) is 3.57. The van der Waals surface area contributed by atoms with E-state index in [-0.39, 0.29) is 12.5 Å². The van der Waals surface area contributed by atoms with Crippen LogP contribution in [0.25, 0.3) is 0 Å². The Morgan fingerprint density at radius 3 is 2.90 bits per heavy atom. The lowest BCUT2D eigenvalue weighted by atomic mass is 9.98. The van der Waals surface area contributed by atoms with Crippen LogP contribution in [0.1, 0.15) is 29.9 Å². The second-order valence-corrected chi connectivity index (χ2v) is 6.19. The van der Waals surface area contributed by atoms with Crippen LogP contribution in [0.2, 0.25) is 0 Å². The maximum atomic E-state index is 11.8. The van der Waals surface area contributed by atoms with Crippen molar-refractivity contribution >= 4 is 17.2 Å². The third kappa shape index (κ3) is 2.78. The summed E-state index contributed by atoms with van der Waals surface area (Å²) in [4.78, 5) is 12.6. The fourth-order valence-electron chi connectivity index (χ4n) is 2.21. The molecule has 1 amide bonds. The zero-order valence-corrected chi connectivity index (χ0v) is 11.9. The SMILES string of the molecule is O=C(CC1CC1)NCC(O)(c1ccco1)c1cccs1. The van der Waals surface area contributed by atoms with Crippen LogP contribution < -0.4 is 5.32 Å². The Bertz CT molecular complexity index is 524. The van der Waals surface area contributed by atoms with E-state index in [0.717, 1.165) is 17.7 Å². The number of hydrogen-bond acceptors (Lipinski definition) is 4. The number of aliphatic hydroxyl groups is 1. The van der Waals surface area contributed by atoms with Crippen LogP contribution in [0.4, 0.5) is 0 Å². The number of thiophene rings is 1. The van der Waals surface area contributed by atoms with Crippen molar-refractivity contribution in [1.29, 1.82) is 0 Å². The summed E-state index contributed by atoms with van der Waals surface area (Å²) in [5.74, 6) is 0.981. The van der Waals surface area contributed by atoms with Crippen LogP contribution in [-0.2, 0) is 10.4 Å². The quantitative estimate of drug-likeness (QED) is 0.859. The van der Waals surface area contributed by atoms with Crippen LogP contribution in [0.5, 0.6) is 0 Å². The zero-order valence-electron chi connectivity index (χ0n) is 11.0. The van der Waals surface area contributed by atoms with E-state index in [4.69, 9.17) is 4.42 Å². The normalized spacial score (nSPS) is 17.6. The minimum absolute atomic E-state index is 0.00552. The predicted octanol–water partition coefficient (Wildman–Crippen LogP) is 2.49. The predicted molar refractivity (Wildman–Crippen MR) is 76.4 cm³/mol. The van der Waals surface area contributed by atoms with Crippen molar-refractivity contribution in [2.45, 2.75) is 24.9 Å². The molecule has 4 nitrogen and oxygen atoms in total. The largest absolute Gasteiger partial charge is 0.466 e. The molecule has 5 heteroatoms. The van der Waals surface area contributed by atoms with Crippen molar-refractivity contribution in [2.75, 3.05) is 6.54 Å². The van der Waals surface area contributed by atoms with E-state index in [1.54, 1.807) is 12.1 Å². The van der Waals surface area contributed by atoms with Gasteiger partial charge in [0.2, 0.25) is 5.91 Å². The Labute approximate surface area is 121 Å². The molecule has 2 heterocycles. The second-order valence-electron chi connectivity index (χ2n) is 5.24. The van der Waals surface area contributed by atoms with Crippen molar-refractivity contribution in [3.8, 4) is 0 Å². The van der Waals surface area contributed by atoms with E-state index in [1.165, 1.54) is 17.6 Å². The molecule has 1 aliphatic carbocycles. The minimum atomic E-state index is -1.29. The van der Waals surface area contributed by atoms with E-state index < -0.39 is 5.60 Å². The summed E-state index contributed by atoms with van der Waals surface area (Å²) in [5.41, 5.74) is -1.29. The highest BCUT2D eigenvalue weighted by Crippen LogP contribution is 2.34. The van der Waals surface area contributed by atoms with Gasteiger partial charge in [-0.3, -0.25) is 4.79 Å². The molecule has 0 aromatic carbocycles. The molecule has 1 fully saturated rings. The van der Waals surface area contributed by atoms with Gasteiger partial charge in [-0.1, -0.05) is 6.07 Å². The van der Waals surface area contributed by atoms with Crippen LogP contribution in [0, 0.1) is 5.92 Å². The lowest BCUT2D eigenvalue weighted by Gasteiger charge is -2.25. The summed E-state index contributed by atoms with van der Waals surface area (Å²) in [6.07, 6.45) is 4.36. The van der Waals surface area contributed by atoms with Crippen molar-refractivity contribution in [1.82, 2.24) is 5.32 Å². The van der Waals surface area contributed by atoms with Crippen LogP contribution in [0.3, 0.4) is 0 Å². The van der Waals surface area contributed by atoms with E-state index in [1.807, 2.05) is 17.5 Å². The zero-order chi connectivity index (χ0) is 14.0. The standard InChI is InChI=1S/C15H17NO3S/c17-14(9-11-5-6-11)16-10-15(18,12-3-1-7-19-12)13-4-2-8-20-13/h1-4,7-8,11,18H,5-6,9-10H2,(H,16,17). The average molecular weight is 291 g/mol. The lowest BCUT2D eigenvalue weighted by molar-refractivity contribution is -0.122. The van der Waals surface area contributed by atoms with Gasteiger partial charge in [-0.2, -0.15) is 0 Å². The van der Waals surface area contributed by atoms with Gasteiger partial charge in [0.1, 0.15) is 5.76 Å². The Morgan fingerprint density at radius 2 is 2.30 bits per heavy atom. The summed E-state index contributed by atoms with van der Waals surface area (Å²) < 4.78 is 5.35. The third-order valence-corrected chi connectivity index (χ3v) is 4.59. The Morgan fingerprint density at radius 1 is 1.45 bits per heavy atom. The van der Waals surface area contributed by atoms with Gasteiger partial charge in [-0.15, -0.1) is 11.3 Å². The molecule has 2 aromatic rings. The molecule has 2 N–H and O–H groups in total. The van der Waals surface area contributed by atoms with Gasteiger partial charge in [0, 0.05) is 11.3 Å². The van der Waals surface area contributed by atoms with Gasteiger partial charge in [-0.05, 0) is 42.3 Å². The molecule has 0 radical (unpaired) electrons. The monoisotopic (exact) mass is 291 g/mol. The van der Waals surface area contributed by atoms with Crippen LogP contribution >= 0.6 is 11.3 Å². The topological polar surface area (TPSA) is 62.5 Å². The van der Waals surface area contributed by atoms with E-state index in [2.05, 4.69) is 5.32 Å². The molecule has 20 heavy (non-hydrogen) atoms. The molecular formula is C15H17NO3S. The lowest BCUT2D eigenvalue weighted by Crippen LogP contribution is -2.41. The average Bonchev–Trinajstić information content (AvgIpc) is 2.95. The number of furan rings is 1. The molecular weight excluding hydrogens is 274 g/mol. The van der Waals surface area contributed by atoms with Crippen molar-refractivity contribution in [2.24, 2.45) is 5.92 Å². The van der Waals surface area contributed by atoms with Gasteiger partial charge in [-0.25, -0.2) is 0 Å². The number of nitrogens with one attached hydrogen (secondary N) is 1. The van der Waals surface area contributed by atoms with Crippen LogP contribution in [0.15, 0.2) is 40.3 Å². The first kappa shape index (κ1) is 13.4. The van der Waals surface area contributed by atoms with Gasteiger partial charge in [0.25, 0.3) is 0 Å². The molecule has 1 atom stereocenters. The molecule has 2 aromatic heterocycles. The summed E-state index contributed by atoms with van der Waals surface area (Å²) in [6.45, 7) is 0.132. The van der Waals surface area contributed by atoms with E-state index in [9.17, 15) is 9.90 Å². The molecule has 0 saturated heterocycles. The summed E-state index contributed by atoms with van der Waals surface area (Å²) in [7, 11) is 0. The molecule has 3 rings (SSSR count).